The van der Waals surface area contributed by atoms with Gasteiger partial charge in [-0.25, -0.2) is 0 Å². The largest absolute Gasteiger partial charge is 0.456 e. The van der Waals surface area contributed by atoms with Gasteiger partial charge in [-0.3, -0.25) is 0 Å². The first-order valence-electron chi connectivity index (χ1n) is 18.3. The van der Waals surface area contributed by atoms with E-state index < -0.39 is 0 Å². The number of furan rings is 1. The van der Waals surface area contributed by atoms with Crippen LogP contribution in [0.1, 0.15) is 25.0 Å². The molecule has 0 aliphatic heterocycles. The van der Waals surface area contributed by atoms with Gasteiger partial charge in [0.25, 0.3) is 0 Å². The predicted octanol–water partition coefficient (Wildman–Crippen LogP) is 14.4. The highest BCUT2D eigenvalue weighted by Gasteiger charge is 2.37. The zero-order valence-corrected chi connectivity index (χ0v) is 29.8. The van der Waals surface area contributed by atoms with Crippen LogP contribution >= 0.6 is 0 Å². The Balaban J connectivity index is 1.12. The fourth-order valence-electron chi connectivity index (χ4n) is 8.44. The van der Waals surface area contributed by atoms with Crippen LogP contribution in [-0.2, 0) is 5.41 Å². The van der Waals surface area contributed by atoms with E-state index in [4.69, 9.17) is 4.42 Å². The smallest absolute Gasteiger partial charge is 0.136 e. The lowest BCUT2D eigenvalue weighted by Gasteiger charge is -2.29. The first kappa shape index (κ1) is 31.1. The molecule has 0 fully saturated rings. The standard InChI is InChI=1S/C51H37NO/c1-51(2)45-19-9-6-17-44(45)50-43(18-12-20-46(50)51)40-15-7-10-21-47(40)52(38-28-23-35(24-29-38)34-13-4-3-5-14-34)39-30-25-36(26-31-39)37-27-32-42-41-16-8-11-22-48(41)53-49(42)33-37/h3-33H,1-2H3. The van der Waals surface area contributed by atoms with Gasteiger partial charge in [0, 0.05) is 33.1 Å². The van der Waals surface area contributed by atoms with Crippen molar-refractivity contribution in [2.75, 3.05) is 4.90 Å². The third kappa shape index (κ3) is 5.10. The van der Waals surface area contributed by atoms with Gasteiger partial charge in [0.1, 0.15) is 11.2 Å². The maximum absolute atomic E-state index is 6.25. The molecule has 8 aromatic carbocycles. The minimum absolute atomic E-state index is 0.0783. The fourth-order valence-corrected chi connectivity index (χ4v) is 8.44. The molecule has 2 nitrogen and oxygen atoms in total. The number of anilines is 3. The summed E-state index contributed by atoms with van der Waals surface area (Å²) < 4.78 is 6.25. The molecule has 0 saturated heterocycles. The van der Waals surface area contributed by atoms with Gasteiger partial charge in [-0.1, -0.05) is 153 Å². The van der Waals surface area contributed by atoms with Gasteiger partial charge in [0.2, 0.25) is 0 Å². The molecular weight excluding hydrogens is 643 g/mol. The molecule has 252 valence electrons. The predicted molar refractivity (Wildman–Crippen MR) is 222 cm³/mol. The molecule has 0 saturated carbocycles. The van der Waals surface area contributed by atoms with E-state index in [2.05, 4.69) is 195 Å². The summed E-state index contributed by atoms with van der Waals surface area (Å²) in [6, 6.07) is 67.9. The van der Waals surface area contributed by atoms with Crippen LogP contribution < -0.4 is 4.90 Å². The highest BCUT2D eigenvalue weighted by molar-refractivity contribution is 6.06. The van der Waals surface area contributed by atoms with Gasteiger partial charge >= 0.3 is 0 Å². The molecule has 0 N–H and O–H groups in total. The van der Waals surface area contributed by atoms with E-state index in [0.717, 1.165) is 50.1 Å². The van der Waals surface area contributed by atoms with Crippen molar-refractivity contribution in [1.82, 2.24) is 0 Å². The maximum Gasteiger partial charge on any atom is 0.136 e. The molecule has 0 atom stereocenters. The number of nitrogens with zero attached hydrogens (tertiary/aromatic N) is 1. The van der Waals surface area contributed by atoms with E-state index >= 15 is 0 Å². The van der Waals surface area contributed by atoms with Gasteiger partial charge in [-0.05, 0) is 98.6 Å². The lowest BCUT2D eigenvalue weighted by molar-refractivity contribution is 0.660. The Labute approximate surface area is 310 Å². The third-order valence-corrected chi connectivity index (χ3v) is 11.1. The molecule has 53 heavy (non-hydrogen) atoms. The van der Waals surface area contributed by atoms with Crippen molar-refractivity contribution in [3.8, 4) is 44.5 Å². The number of hydrogen-bond donors (Lipinski definition) is 0. The average Bonchev–Trinajstić information content (AvgIpc) is 3.70. The molecule has 0 radical (unpaired) electrons. The monoisotopic (exact) mass is 679 g/mol. The fraction of sp³-hybridized carbons (Fsp3) is 0.0588. The lowest BCUT2D eigenvalue weighted by Crippen LogP contribution is -2.14. The molecule has 0 bridgehead atoms. The topological polar surface area (TPSA) is 16.4 Å². The molecule has 0 amide bonds. The normalized spacial score (nSPS) is 12.9. The van der Waals surface area contributed by atoms with Gasteiger partial charge in [-0.15, -0.1) is 0 Å². The van der Waals surface area contributed by atoms with E-state index in [1.807, 2.05) is 12.1 Å². The second-order valence-corrected chi connectivity index (χ2v) is 14.5. The Hall–Kier alpha value is -6.64. The van der Waals surface area contributed by atoms with Crippen molar-refractivity contribution in [2.24, 2.45) is 0 Å². The van der Waals surface area contributed by atoms with Crippen LogP contribution in [0.25, 0.3) is 66.4 Å². The quantitative estimate of drug-likeness (QED) is 0.174. The summed E-state index contributed by atoms with van der Waals surface area (Å²) in [7, 11) is 0. The zero-order chi connectivity index (χ0) is 35.5. The average molecular weight is 680 g/mol. The van der Waals surface area contributed by atoms with Crippen molar-refractivity contribution in [2.45, 2.75) is 19.3 Å². The Bertz CT molecular complexity index is 2790. The second-order valence-electron chi connectivity index (χ2n) is 14.5. The van der Waals surface area contributed by atoms with Crippen LogP contribution in [0.4, 0.5) is 17.1 Å². The summed E-state index contributed by atoms with van der Waals surface area (Å²) in [6.07, 6.45) is 0. The maximum atomic E-state index is 6.25. The number of para-hydroxylation sites is 2. The van der Waals surface area contributed by atoms with E-state index in [-0.39, 0.29) is 5.41 Å². The first-order chi connectivity index (χ1) is 26.0. The molecule has 1 heterocycles. The van der Waals surface area contributed by atoms with Gasteiger partial charge in [0.05, 0.1) is 5.69 Å². The summed E-state index contributed by atoms with van der Waals surface area (Å²) in [5.41, 5.74) is 17.6. The molecular formula is C51H37NO. The van der Waals surface area contributed by atoms with Gasteiger partial charge in [0.15, 0.2) is 0 Å². The zero-order valence-electron chi connectivity index (χ0n) is 29.8. The minimum Gasteiger partial charge on any atom is -0.456 e. The van der Waals surface area contributed by atoms with Crippen LogP contribution in [0.5, 0.6) is 0 Å². The minimum atomic E-state index is -0.0783. The van der Waals surface area contributed by atoms with Gasteiger partial charge in [-0.2, -0.15) is 0 Å². The van der Waals surface area contributed by atoms with E-state index in [1.54, 1.807) is 0 Å². The Kier molecular flexibility index (Phi) is 7.19. The van der Waals surface area contributed by atoms with Crippen LogP contribution in [0.3, 0.4) is 0 Å². The number of rotatable bonds is 6. The summed E-state index contributed by atoms with van der Waals surface area (Å²) in [4.78, 5) is 2.40. The van der Waals surface area contributed by atoms with Crippen molar-refractivity contribution < 1.29 is 4.42 Å². The van der Waals surface area contributed by atoms with E-state index in [0.29, 0.717) is 0 Å². The third-order valence-electron chi connectivity index (χ3n) is 11.1. The van der Waals surface area contributed by atoms with Crippen molar-refractivity contribution in [3.05, 3.63) is 199 Å². The Morgan fingerprint density at radius 3 is 1.72 bits per heavy atom. The van der Waals surface area contributed by atoms with Crippen molar-refractivity contribution in [3.63, 3.8) is 0 Å². The van der Waals surface area contributed by atoms with Crippen molar-refractivity contribution in [1.29, 1.82) is 0 Å². The Morgan fingerprint density at radius 2 is 0.943 bits per heavy atom. The van der Waals surface area contributed by atoms with E-state index in [9.17, 15) is 0 Å². The second kappa shape index (κ2) is 12.3. The highest BCUT2D eigenvalue weighted by atomic mass is 16.3. The van der Waals surface area contributed by atoms with Crippen LogP contribution in [0.2, 0.25) is 0 Å². The molecule has 1 aromatic heterocycles. The molecule has 0 spiro atoms. The molecule has 9 aromatic rings. The van der Waals surface area contributed by atoms with Crippen LogP contribution in [0, 0.1) is 0 Å². The first-order valence-corrected chi connectivity index (χ1v) is 18.3. The summed E-state index contributed by atoms with van der Waals surface area (Å²) >= 11 is 0. The van der Waals surface area contributed by atoms with Crippen LogP contribution in [-0.4, -0.2) is 0 Å². The molecule has 0 unspecified atom stereocenters. The number of hydrogen-bond acceptors (Lipinski definition) is 2. The molecule has 2 heteroatoms. The summed E-state index contributed by atoms with van der Waals surface area (Å²) in [6.45, 7) is 4.70. The molecule has 1 aliphatic carbocycles. The molecule has 10 rings (SSSR count). The highest BCUT2D eigenvalue weighted by Crippen LogP contribution is 2.53. The number of benzene rings is 8. The number of fused-ring (bicyclic) bond motifs is 6. The molecule has 1 aliphatic rings. The Morgan fingerprint density at radius 1 is 0.396 bits per heavy atom. The van der Waals surface area contributed by atoms with Gasteiger partial charge < -0.3 is 9.32 Å². The lowest BCUT2D eigenvalue weighted by atomic mass is 9.82. The summed E-state index contributed by atoms with van der Waals surface area (Å²) in [5, 5.41) is 2.29. The van der Waals surface area contributed by atoms with Crippen molar-refractivity contribution >= 4 is 39.0 Å². The summed E-state index contributed by atoms with van der Waals surface area (Å²) in [5.74, 6) is 0. The van der Waals surface area contributed by atoms with Crippen LogP contribution in [0.15, 0.2) is 192 Å². The SMILES string of the molecule is CC1(C)c2ccccc2-c2c(-c3ccccc3N(c3ccc(-c4ccccc4)cc3)c3ccc(-c4ccc5c(c4)oc4ccccc45)cc3)cccc21. The van der Waals surface area contributed by atoms with E-state index in [1.165, 1.54) is 44.5 Å².